The van der Waals surface area contributed by atoms with Crippen LogP contribution in [0.15, 0.2) is 42.5 Å². The van der Waals surface area contributed by atoms with Gasteiger partial charge in [-0.05, 0) is 61.2 Å². The Bertz CT molecular complexity index is 602. The van der Waals surface area contributed by atoms with E-state index in [0.29, 0.717) is 17.9 Å². The first-order chi connectivity index (χ1) is 9.52. The SMILES string of the molecule is Cc1cc(C)cc(NC(=O)CCc2cccc(Cl)c2)c1. The summed E-state index contributed by atoms with van der Waals surface area (Å²) in [6, 6.07) is 13.7. The molecule has 3 heteroatoms. The van der Waals surface area contributed by atoms with Crippen molar-refractivity contribution in [3.63, 3.8) is 0 Å². The first kappa shape index (κ1) is 14.6. The Balaban J connectivity index is 1.92. The molecule has 104 valence electrons. The molecule has 0 heterocycles. The van der Waals surface area contributed by atoms with Crippen molar-refractivity contribution in [3.8, 4) is 0 Å². The predicted molar refractivity (Wildman–Crippen MR) is 84.3 cm³/mol. The summed E-state index contributed by atoms with van der Waals surface area (Å²) in [4.78, 5) is 11.9. The zero-order valence-corrected chi connectivity index (χ0v) is 12.5. The lowest BCUT2D eigenvalue weighted by molar-refractivity contribution is -0.116. The monoisotopic (exact) mass is 287 g/mol. The largest absolute Gasteiger partial charge is 0.326 e. The molecular formula is C17H18ClNO. The molecule has 0 aliphatic carbocycles. The fourth-order valence-corrected chi connectivity index (χ4v) is 2.43. The number of hydrogen-bond acceptors (Lipinski definition) is 1. The molecule has 2 aromatic rings. The Kier molecular flexibility index (Phi) is 4.80. The number of carbonyl (C=O) groups is 1. The molecule has 1 amide bonds. The van der Waals surface area contributed by atoms with Crippen LogP contribution in [0, 0.1) is 13.8 Å². The van der Waals surface area contributed by atoms with Crippen LogP contribution in [0.4, 0.5) is 5.69 Å². The molecule has 0 radical (unpaired) electrons. The maximum absolute atomic E-state index is 11.9. The quantitative estimate of drug-likeness (QED) is 0.879. The van der Waals surface area contributed by atoms with Gasteiger partial charge in [0.05, 0.1) is 0 Å². The Labute approximate surface area is 124 Å². The smallest absolute Gasteiger partial charge is 0.224 e. The molecule has 2 nitrogen and oxygen atoms in total. The van der Waals surface area contributed by atoms with Crippen LogP contribution >= 0.6 is 11.6 Å². The van der Waals surface area contributed by atoms with E-state index in [1.807, 2.05) is 50.2 Å². The van der Waals surface area contributed by atoms with Gasteiger partial charge in [0.2, 0.25) is 5.91 Å². The third-order valence-corrected chi connectivity index (χ3v) is 3.27. The van der Waals surface area contributed by atoms with Gasteiger partial charge in [-0.15, -0.1) is 0 Å². The van der Waals surface area contributed by atoms with E-state index in [9.17, 15) is 4.79 Å². The van der Waals surface area contributed by atoms with E-state index in [1.165, 1.54) is 0 Å². The van der Waals surface area contributed by atoms with E-state index < -0.39 is 0 Å². The summed E-state index contributed by atoms with van der Waals surface area (Å²) in [5.74, 6) is 0.0231. The third kappa shape index (κ3) is 4.39. The molecule has 1 N–H and O–H groups in total. The third-order valence-electron chi connectivity index (χ3n) is 3.04. The first-order valence-electron chi connectivity index (χ1n) is 6.65. The van der Waals surface area contributed by atoms with Gasteiger partial charge in [0, 0.05) is 17.1 Å². The van der Waals surface area contributed by atoms with Crippen LogP contribution < -0.4 is 5.32 Å². The molecular weight excluding hydrogens is 270 g/mol. The molecule has 0 unspecified atom stereocenters. The Morgan fingerprint density at radius 3 is 2.45 bits per heavy atom. The molecule has 0 saturated carbocycles. The highest BCUT2D eigenvalue weighted by Crippen LogP contribution is 2.15. The van der Waals surface area contributed by atoms with E-state index >= 15 is 0 Å². The summed E-state index contributed by atoms with van der Waals surface area (Å²) in [6.07, 6.45) is 1.14. The zero-order chi connectivity index (χ0) is 14.5. The van der Waals surface area contributed by atoms with Crippen molar-refractivity contribution in [2.45, 2.75) is 26.7 Å². The number of aryl methyl sites for hydroxylation is 3. The summed E-state index contributed by atoms with van der Waals surface area (Å²) >= 11 is 5.92. The van der Waals surface area contributed by atoms with Gasteiger partial charge >= 0.3 is 0 Å². The van der Waals surface area contributed by atoms with Crippen molar-refractivity contribution in [2.75, 3.05) is 5.32 Å². The molecule has 0 spiro atoms. The standard InChI is InChI=1S/C17H18ClNO/c1-12-8-13(2)10-16(9-12)19-17(20)7-6-14-4-3-5-15(18)11-14/h3-5,8-11H,6-7H2,1-2H3,(H,19,20). The number of halogens is 1. The molecule has 0 atom stereocenters. The fourth-order valence-electron chi connectivity index (χ4n) is 2.22. The number of carbonyl (C=O) groups excluding carboxylic acids is 1. The minimum Gasteiger partial charge on any atom is -0.326 e. The number of anilines is 1. The van der Waals surface area contributed by atoms with Crippen molar-refractivity contribution in [1.29, 1.82) is 0 Å². The molecule has 2 aromatic carbocycles. The second-order valence-electron chi connectivity index (χ2n) is 5.05. The van der Waals surface area contributed by atoms with Gasteiger partial charge < -0.3 is 5.32 Å². The maximum Gasteiger partial charge on any atom is 0.224 e. The minimum absolute atomic E-state index is 0.0231. The number of rotatable bonds is 4. The molecule has 0 aliphatic heterocycles. The van der Waals surface area contributed by atoms with Crippen molar-refractivity contribution in [1.82, 2.24) is 0 Å². The number of nitrogens with one attached hydrogen (secondary N) is 1. The second kappa shape index (κ2) is 6.58. The number of benzene rings is 2. The molecule has 0 fully saturated rings. The lowest BCUT2D eigenvalue weighted by Crippen LogP contribution is -2.12. The Morgan fingerprint density at radius 1 is 1.10 bits per heavy atom. The highest BCUT2D eigenvalue weighted by molar-refractivity contribution is 6.30. The molecule has 0 aliphatic rings. The molecule has 0 bridgehead atoms. The number of amides is 1. The van der Waals surface area contributed by atoms with Crippen LogP contribution in [0.2, 0.25) is 5.02 Å². The first-order valence-corrected chi connectivity index (χ1v) is 7.03. The fraction of sp³-hybridized carbons (Fsp3) is 0.235. The van der Waals surface area contributed by atoms with Crippen molar-refractivity contribution in [3.05, 3.63) is 64.2 Å². The average molecular weight is 288 g/mol. The lowest BCUT2D eigenvalue weighted by atomic mass is 10.1. The van der Waals surface area contributed by atoms with Crippen LogP contribution in [0.1, 0.15) is 23.1 Å². The summed E-state index contributed by atoms with van der Waals surface area (Å²) in [7, 11) is 0. The summed E-state index contributed by atoms with van der Waals surface area (Å²) in [5, 5.41) is 3.64. The van der Waals surface area contributed by atoms with Crippen LogP contribution in [0.25, 0.3) is 0 Å². The van der Waals surface area contributed by atoms with Crippen molar-refractivity contribution < 1.29 is 4.79 Å². The molecule has 2 rings (SSSR count). The summed E-state index contributed by atoms with van der Waals surface area (Å²) < 4.78 is 0. The predicted octanol–water partition coefficient (Wildman–Crippen LogP) is 4.53. The topological polar surface area (TPSA) is 29.1 Å². The van der Waals surface area contributed by atoms with Crippen molar-refractivity contribution >= 4 is 23.2 Å². The van der Waals surface area contributed by atoms with Gasteiger partial charge in [0.25, 0.3) is 0 Å². The van der Waals surface area contributed by atoms with Gasteiger partial charge in [-0.3, -0.25) is 4.79 Å². The van der Waals surface area contributed by atoms with Gasteiger partial charge in [-0.2, -0.15) is 0 Å². The maximum atomic E-state index is 11.9. The number of hydrogen-bond donors (Lipinski definition) is 1. The highest BCUT2D eigenvalue weighted by atomic mass is 35.5. The normalized spacial score (nSPS) is 10.3. The Morgan fingerprint density at radius 2 is 1.80 bits per heavy atom. The molecule has 20 heavy (non-hydrogen) atoms. The van der Waals surface area contributed by atoms with Crippen LogP contribution in [-0.2, 0) is 11.2 Å². The van der Waals surface area contributed by atoms with E-state index in [4.69, 9.17) is 11.6 Å². The van der Waals surface area contributed by atoms with Crippen LogP contribution in [-0.4, -0.2) is 5.91 Å². The van der Waals surface area contributed by atoms with Gasteiger partial charge in [-0.1, -0.05) is 29.8 Å². The van der Waals surface area contributed by atoms with E-state index in [1.54, 1.807) is 0 Å². The second-order valence-corrected chi connectivity index (χ2v) is 5.49. The van der Waals surface area contributed by atoms with Gasteiger partial charge in [-0.25, -0.2) is 0 Å². The summed E-state index contributed by atoms with van der Waals surface area (Å²) in [5.41, 5.74) is 4.23. The molecule has 0 aromatic heterocycles. The van der Waals surface area contributed by atoms with E-state index in [-0.39, 0.29) is 5.91 Å². The Hall–Kier alpha value is -1.80. The minimum atomic E-state index is 0.0231. The van der Waals surface area contributed by atoms with E-state index in [0.717, 1.165) is 22.4 Å². The van der Waals surface area contributed by atoms with Crippen molar-refractivity contribution in [2.24, 2.45) is 0 Å². The highest BCUT2D eigenvalue weighted by Gasteiger charge is 2.04. The van der Waals surface area contributed by atoms with E-state index in [2.05, 4.69) is 11.4 Å². The summed E-state index contributed by atoms with van der Waals surface area (Å²) in [6.45, 7) is 4.04. The lowest BCUT2D eigenvalue weighted by Gasteiger charge is -2.08. The molecule has 0 saturated heterocycles. The van der Waals surface area contributed by atoms with Crippen LogP contribution in [0.5, 0.6) is 0 Å². The van der Waals surface area contributed by atoms with Gasteiger partial charge in [0.1, 0.15) is 0 Å². The van der Waals surface area contributed by atoms with Crippen LogP contribution in [0.3, 0.4) is 0 Å². The zero-order valence-electron chi connectivity index (χ0n) is 11.7. The van der Waals surface area contributed by atoms with Gasteiger partial charge in [0.15, 0.2) is 0 Å². The average Bonchev–Trinajstić information content (AvgIpc) is 2.35.